The molecular weight excluding hydrogens is 427 g/mol. The van der Waals surface area contributed by atoms with E-state index in [1.165, 1.54) is 0 Å². The fourth-order valence-electron chi connectivity index (χ4n) is 3.85. The molecule has 29 heavy (non-hydrogen) atoms. The van der Waals surface area contributed by atoms with Gasteiger partial charge in [0.1, 0.15) is 5.25 Å². The second-order valence-corrected chi connectivity index (χ2v) is 10.2. The minimum atomic E-state index is -3.84. The molecule has 2 unspecified atom stereocenters. The largest absolute Gasteiger partial charge is 0.293 e. The third-order valence-corrected chi connectivity index (χ3v) is 8.24. The molecule has 2 atom stereocenters. The Bertz CT molecular complexity index is 1200. The van der Waals surface area contributed by atoms with Crippen LogP contribution in [0, 0.1) is 6.92 Å². The average molecular weight is 445 g/mol. The predicted octanol–water partition coefficient (Wildman–Crippen LogP) is 5.86. The lowest BCUT2D eigenvalue weighted by molar-refractivity contribution is 0.0973. The van der Waals surface area contributed by atoms with E-state index in [1.807, 2.05) is 25.1 Å². The standard InChI is InChI=1S/C23H18Cl2O3S/c1-14-6-9-16(10-7-14)29(27,28)22-13-19(15-8-11-20(24)21(25)12-15)17-4-2-3-5-18(17)23(22)26/h2-12,19,22H,13H2,1H3. The molecule has 0 bridgehead atoms. The smallest absolute Gasteiger partial charge is 0.188 e. The number of carbonyl (C=O) groups excluding carboxylic acids is 1. The summed E-state index contributed by atoms with van der Waals surface area (Å²) in [5.41, 5.74) is 3.04. The van der Waals surface area contributed by atoms with Crippen LogP contribution in [0.1, 0.15) is 39.4 Å². The quantitative estimate of drug-likeness (QED) is 0.507. The van der Waals surface area contributed by atoms with Crippen molar-refractivity contribution in [1.29, 1.82) is 0 Å². The van der Waals surface area contributed by atoms with Gasteiger partial charge in [-0.1, -0.05) is 71.2 Å². The number of sulfone groups is 1. The highest BCUT2D eigenvalue weighted by Gasteiger charge is 2.42. The van der Waals surface area contributed by atoms with E-state index < -0.39 is 15.1 Å². The Morgan fingerprint density at radius 1 is 0.897 bits per heavy atom. The van der Waals surface area contributed by atoms with Gasteiger partial charge in [0.05, 0.1) is 14.9 Å². The molecule has 0 N–H and O–H groups in total. The second kappa shape index (κ2) is 7.60. The molecule has 0 saturated heterocycles. The molecule has 1 aliphatic carbocycles. The molecule has 0 spiro atoms. The number of hydrogen-bond acceptors (Lipinski definition) is 3. The van der Waals surface area contributed by atoms with Gasteiger partial charge in [0, 0.05) is 11.5 Å². The van der Waals surface area contributed by atoms with Crippen molar-refractivity contribution in [3.05, 3.63) is 99.0 Å². The molecule has 0 saturated carbocycles. The maximum Gasteiger partial charge on any atom is 0.188 e. The van der Waals surface area contributed by atoms with Gasteiger partial charge < -0.3 is 0 Å². The Hall–Kier alpha value is -2.14. The summed E-state index contributed by atoms with van der Waals surface area (Å²) in [5.74, 6) is -0.638. The monoisotopic (exact) mass is 444 g/mol. The van der Waals surface area contributed by atoms with Gasteiger partial charge in [-0.2, -0.15) is 0 Å². The van der Waals surface area contributed by atoms with Crippen molar-refractivity contribution in [3.63, 3.8) is 0 Å². The molecule has 0 aliphatic heterocycles. The summed E-state index contributed by atoms with van der Waals surface area (Å²) in [4.78, 5) is 13.3. The average Bonchev–Trinajstić information content (AvgIpc) is 2.71. The van der Waals surface area contributed by atoms with E-state index in [4.69, 9.17) is 23.2 Å². The highest BCUT2D eigenvalue weighted by molar-refractivity contribution is 7.92. The minimum Gasteiger partial charge on any atom is -0.293 e. The first-order valence-electron chi connectivity index (χ1n) is 9.17. The number of ketones is 1. The third-order valence-electron chi connectivity index (χ3n) is 5.41. The Balaban J connectivity index is 1.84. The molecule has 148 valence electrons. The summed E-state index contributed by atoms with van der Waals surface area (Å²) in [6, 6.07) is 19.1. The molecule has 0 amide bonds. The first-order chi connectivity index (χ1) is 13.8. The van der Waals surface area contributed by atoms with Gasteiger partial charge in [0.25, 0.3) is 0 Å². The summed E-state index contributed by atoms with van der Waals surface area (Å²) in [5, 5.41) is -0.324. The fraction of sp³-hybridized carbons (Fsp3) is 0.174. The predicted molar refractivity (Wildman–Crippen MR) is 116 cm³/mol. The first kappa shape index (κ1) is 20.1. The number of benzene rings is 3. The third kappa shape index (κ3) is 3.61. The Morgan fingerprint density at radius 3 is 2.28 bits per heavy atom. The maximum atomic E-state index is 13.3. The van der Waals surface area contributed by atoms with E-state index >= 15 is 0 Å². The minimum absolute atomic E-state index is 0.157. The van der Waals surface area contributed by atoms with Crippen LogP contribution in [-0.2, 0) is 9.84 Å². The molecule has 3 aromatic carbocycles. The van der Waals surface area contributed by atoms with Crippen molar-refractivity contribution < 1.29 is 13.2 Å². The van der Waals surface area contributed by atoms with Crippen LogP contribution in [0.4, 0.5) is 0 Å². The van der Waals surface area contributed by atoms with Gasteiger partial charge in [-0.25, -0.2) is 8.42 Å². The van der Waals surface area contributed by atoms with Gasteiger partial charge in [-0.05, 0) is 48.7 Å². The molecule has 0 aromatic heterocycles. The van der Waals surface area contributed by atoms with Crippen molar-refractivity contribution in [2.45, 2.75) is 29.4 Å². The van der Waals surface area contributed by atoms with E-state index in [-0.39, 0.29) is 23.0 Å². The van der Waals surface area contributed by atoms with Crippen LogP contribution in [0.15, 0.2) is 71.6 Å². The summed E-state index contributed by atoms with van der Waals surface area (Å²) in [7, 11) is -3.84. The highest BCUT2D eigenvalue weighted by atomic mass is 35.5. The van der Waals surface area contributed by atoms with Crippen LogP contribution < -0.4 is 0 Å². The summed E-state index contributed by atoms with van der Waals surface area (Å²) in [6.07, 6.45) is 0.157. The van der Waals surface area contributed by atoms with E-state index in [0.29, 0.717) is 15.6 Å². The Morgan fingerprint density at radius 2 is 1.59 bits per heavy atom. The number of hydrogen-bond donors (Lipinski definition) is 0. The van der Waals surface area contributed by atoms with Gasteiger partial charge in [-0.3, -0.25) is 4.79 Å². The number of aryl methyl sites for hydroxylation is 1. The lowest BCUT2D eigenvalue weighted by Crippen LogP contribution is -2.37. The van der Waals surface area contributed by atoms with Crippen molar-refractivity contribution >= 4 is 38.8 Å². The number of rotatable bonds is 3. The summed E-state index contributed by atoms with van der Waals surface area (Å²) >= 11 is 12.3. The highest BCUT2D eigenvalue weighted by Crippen LogP contribution is 2.41. The van der Waals surface area contributed by atoms with Crippen LogP contribution in [0.5, 0.6) is 0 Å². The van der Waals surface area contributed by atoms with Crippen molar-refractivity contribution in [1.82, 2.24) is 0 Å². The van der Waals surface area contributed by atoms with E-state index in [9.17, 15) is 13.2 Å². The molecule has 0 heterocycles. The normalized spacial score (nSPS) is 19.1. The second-order valence-electron chi connectivity index (χ2n) is 7.26. The summed E-state index contributed by atoms with van der Waals surface area (Å²) < 4.78 is 26.7. The zero-order valence-corrected chi connectivity index (χ0v) is 17.9. The van der Waals surface area contributed by atoms with Crippen LogP contribution >= 0.6 is 23.2 Å². The van der Waals surface area contributed by atoms with Crippen LogP contribution in [0.2, 0.25) is 10.0 Å². The van der Waals surface area contributed by atoms with Crippen molar-refractivity contribution in [2.75, 3.05) is 0 Å². The molecule has 3 nitrogen and oxygen atoms in total. The molecular formula is C23H18Cl2O3S. The zero-order chi connectivity index (χ0) is 20.8. The number of fused-ring (bicyclic) bond motifs is 1. The molecule has 0 radical (unpaired) electrons. The van der Waals surface area contributed by atoms with Crippen molar-refractivity contribution in [2.24, 2.45) is 0 Å². The van der Waals surface area contributed by atoms with Crippen LogP contribution in [0.3, 0.4) is 0 Å². The van der Waals surface area contributed by atoms with Crippen LogP contribution in [-0.4, -0.2) is 19.5 Å². The maximum absolute atomic E-state index is 13.3. The number of Topliss-reactive ketones (excluding diaryl/α,β-unsaturated/α-hetero) is 1. The number of halogens is 2. The van der Waals surface area contributed by atoms with E-state index in [0.717, 1.165) is 16.7 Å². The van der Waals surface area contributed by atoms with Crippen molar-refractivity contribution in [3.8, 4) is 0 Å². The molecule has 6 heteroatoms. The van der Waals surface area contributed by atoms with E-state index in [1.54, 1.807) is 48.5 Å². The Kier molecular flexibility index (Phi) is 5.28. The Labute approximate surface area is 180 Å². The SMILES string of the molecule is Cc1ccc(S(=O)(=O)C2CC(c3ccc(Cl)c(Cl)c3)c3ccccc3C2=O)cc1. The molecule has 3 aromatic rings. The van der Waals surface area contributed by atoms with E-state index in [2.05, 4.69) is 0 Å². The number of carbonyl (C=O) groups is 1. The lowest BCUT2D eigenvalue weighted by atomic mass is 9.78. The summed E-state index contributed by atoms with van der Waals surface area (Å²) in [6.45, 7) is 1.89. The van der Waals surface area contributed by atoms with Gasteiger partial charge >= 0.3 is 0 Å². The van der Waals surface area contributed by atoms with Crippen LogP contribution in [0.25, 0.3) is 0 Å². The first-order valence-corrected chi connectivity index (χ1v) is 11.5. The molecule has 4 rings (SSSR count). The van der Waals surface area contributed by atoms with Gasteiger partial charge in [0.2, 0.25) is 0 Å². The fourth-order valence-corrected chi connectivity index (χ4v) is 5.86. The molecule has 1 aliphatic rings. The lowest BCUT2D eigenvalue weighted by Gasteiger charge is -2.31. The topological polar surface area (TPSA) is 51.2 Å². The zero-order valence-electron chi connectivity index (χ0n) is 15.6. The van der Waals surface area contributed by atoms with Gasteiger partial charge in [0.15, 0.2) is 15.6 Å². The molecule has 0 fully saturated rings. The van der Waals surface area contributed by atoms with Gasteiger partial charge in [-0.15, -0.1) is 0 Å².